The fourth-order valence-electron chi connectivity index (χ4n) is 2.05. The van der Waals surface area contributed by atoms with Crippen LogP contribution in [-0.2, 0) is 11.3 Å². The van der Waals surface area contributed by atoms with Gasteiger partial charge in [0, 0.05) is 18.5 Å². The summed E-state index contributed by atoms with van der Waals surface area (Å²) in [6.07, 6.45) is 3.49. The second-order valence-electron chi connectivity index (χ2n) is 4.82. The monoisotopic (exact) mass is 314 g/mol. The summed E-state index contributed by atoms with van der Waals surface area (Å²) in [6.45, 7) is -0.00492. The summed E-state index contributed by atoms with van der Waals surface area (Å²) in [7, 11) is 0. The summed E-state index contributed by atoms with van der Waals surface area (Å²) >= 11 is 0. The Morgan fingerprint density at radius 2 is 1.91 bits per heavy atom. The quantitative estimate of drug-likeness (QED) is 0.692. The van der Waals surface area contributed by atoms with Crippen molar-refractivity contribution >= 4 is 5.97 Å². The lowest BCUT2D eigenvalue weighted by Crippen LogP contribution is -2.08. The van der Waals surface area contributed by atoms with Crippen molar-refractivity contribution in [1.29, 1.82) is 0 Å². The van der Waals surface area contributed by atoms with Crippen LogP contribution in [0, 0.1) is 11.6 Å². The van der Waals surface area contributed by atoms with E-state index in [2.05, 4.69) is 5.10 Å². The number of aromatic nitrogens is 2. The molecule has 0 amide bonds. The van der Waals surface area contributed by atoms with Crippen LogP contribution in [0.1, 0.15) is 15.9 Å². The zero-order chi connectivity index (χ0) is 16.2. The molecular weight excluding hydrogens is 302 g/mol. The molecule has 0 N–H and O–H groups in total. The number of esters is 1. The zero-order valence-electron chi connectivity index (χ0n) is 11.9. The Labute approximate surface area is 130 Å². The van der Waals surface area contributed by atoms with Crippen LogP contribution in [-0.4, -0.2) is 15.7 Å². The first-order valence-corrected chi connectivity index (χ1v) is 6.84. The van der Waals surface area contributed by atoms with E-state index in [0.717, 1.165) is 23.4 Å². The highest BCUT2D eigenvalue weighted by atomic mass is 19.1. The van der Waals surface area contributed by atoms with Gasteiger partial charge in [0.05, 0.1) is 11.3 Å². The van der Waals surface area contributed by atoms with Crippen molar-refractivity contribution in [2.75, 3.05) is 0 Å². The summed E-state index contributed by atoms with van der Waals surface area (Å²) in [5.74, 6) is -2.52. The normalized spacial score (nSPS) is 10.5. The molecule has 0 unspecified atom stereocenters. The number of carbonyl (C=O) groups excluding carboxylic acids is 1. The van der Waals surface area contributed by atoms with Crippen molar-refractivity contribution in [3.63, 3.8) is 0 Å². The topological polar surface area (TPSA) is 44.1 Å². The highest BCUT2D eigenvalue weighted by Gasteiger charge is 2.14. The van der Waals surface area contributed by atoms with Gasteiger partial charge < -0.3 is 4.74 Å². The first-order chi connectivity index (χ1) is 11.1. The minimum atomic E-state index is -0.941. The van der Waals surface area contributed by atoms with Gasteiger partial charge in [0.1, 0.15) is 18.2 Å². The molecule has 3 aromatic rings. The third-order valence-electron chi connectivity index (χ3n) is 3.23. The van der Waals surface area contributed by atoms with Crippen LogP contribution in [0.25, 0.3) is 5.69 Å². The Kier molecular flexibility index (Phi) is 4.14. The van der Waals surface area contributed by atoms with Gasteiger partial charge in [0.15, 0.2) is 0 Å². The smallest absolute Gasteiger partial charge is 0.341 e. The van der Waals surface area contributed by atoms with E-state index >= 15 is 0 Å². The molecule has 0 saturated carbocycles. The van der Waals surface area contributed by atoms with E-state index in [9.17, 15) is 13.6 Å². The van der Waals surface area contributed by atoms with Crippen molar-refractivity contribution in [3.8, 4) is 5.69 Å². The highest BCUT2D eigenvalue weighted by molar-refractivity contribution is 5.89. The predicted octanol–water partition coefficient (Wildman–Crippen LogP) is 3.51. The van der Waals surface area contributed by atoms with Gasteiger partial charge in [0.25, 0.3) is 0 Å². The van der Waals surface area contributed by atoms with Gasteiger partial charge >= 0.3 is 5.97 Å². The zero-order valence-corrected chi connectivity index (χ0v) is 11.9. The molecule has 0 spiro atoms. The lowest BCUT2D eigenvalue weighted by molar-refractivity contribution is 0.0467. The van der Waals surface area contributed by atoms with Crippen molar-refractivity contribution in [2.24, 2.45) is 0 Å². The van der Waals surface area contributed by atoms with E-state index in [0.29, 0.717) is 6.07 Å². The van der Waals surface area contributed by atoms with Crippen LogP contribution in [0.15, 0.2) is 60.9 Å². The van der Waals surface area contributed by atoms with Gasteiger partial charge in [-0.1, -0.05) is 12.1 Å². The summed E-state index contributed by atoms with van der Waals surface area (Å²) < 4.78 is 33.0. The predicted molar refractivity (Wildman–Crippen MR) is 79.0 cm³/mol. The van der Waals surface area contributed by atoms with Crippen LogP contribution < -0.4 is 0 Å². The molecule has 23 heavy (non-hydrogen) atoms. The fraction of sp³-hybridized carbons (Fsp3) is 0.0588. The Bertz CT molecular complexity index is 815. The van der Waals surface area contributed by atoms with Crippen LogP contribution in [0.2, 0.25) is 0 Å². The molecule has 4 nitrogen and oxygen atoms in total. The Morgan fingerprint density at radius 1 is 1.13 bits per heavy atom. The molecule has 6 heteroatoms. The SMILES string of the molecule is O=C(OCc1ccc(-n2cccn2)cc1)c1ccc(F)cc1F. The standard InChI is InChI=1S/C17H12F2N2O2/c18-13-4-7-15(16(19)10-13)17(22)23-11-12-2-5-14(6-3-12)21-9-1-8-20-21/h1-10H,11H2. The van der Waals surface area contributed by atoms with Crippen LogP contribution in [0.4, 0.5) is 8.78 Å². The van der Waals surface area contributed by atoms with E-state index < -0.39 is 17.6 Å². The minimum Gasteiger partial charge on any atom is -0.457 e. The number of rotatable bonds is 4. The highest BCUT2D eigenvalue weighted by Crippen LogP contribution is 2.13. The number of benzene rings is 2. The molecule has 0 bridgehead atoms. The second kappa shape index (κ2) is 6.39. The van der Waals surface area contributed by atoms with Crippen LogP contribution in [0.5, 0.6) is 0 Å². The Balaban J connectivity index is 1.65. The van der Waals surface area contributed by atoms with E-state index in [1.165, 1.54) is 0 Å². The molecule has 0 aliphatic heterocycles. The largest absolute Gasteiger partial charge is 0.457 e. The van der Waals surface area contributed by atoms with Crippen molar-refractivity contribution in [3.05, 3.63) is 83.7 Å². The van der Waals surface area contributed by atoms with E-state index in [-0.39, 0.29) is 12.2 Å². The average Bonchev–Trinajstić information content (AvgIpc) is 3.07. The van der Waals surface area contributed by atoms with Crippen LogP contribution >= 0.6 is 0 Å². The fourth-order valence-corrected chi connectivity index (χ4v) is 2.05. The van der Waals surface area contributed by atoms with Gasteiger partial charge in [-0.3, -0.25) is 0 Å². The maximum absolute atomic E-state index is 13.5. The van der Waals surface area contributed by atoms with E-state index in [4.69, 9.17) is 4.74 Å². The molecule has 0 aliphatic carbocycles. The summed E-state index contributed by atoms with van der Waals surface area (Å²) in [5, 5.41) is 4.11. The molecule has 116 valence electrons. The average molecular weight is 314 g/mol. The molecule has 0 atom stereocenters. The summed E-state index contributed by atoms with van der Waals surface area (Å²) in [6, 6.07) is 11.8. The molecular formula is C17H12F2N2O2. The number of ether oxygens (including phenoxy) is 1. The maximum atomic E-state index is 13.5. The minimum absolute atomic E-state index is 0.00492. The lowest BCUT2D eigenvalue weighted by atomic mass is 10.2. The van der Waals surface area contributed by atoms with Gasteiger partial charge in [-0.15, -0.1) is 0 Å². The van der Waals surface area contributed by atoms with E-state index in [1.807, 2.05) is 24.4 Å². The molecule has 1 aromatic heterocycles. The number of hydrogen-bond acceptors (Lipinski definition) is 3. The molecule has 3 rings (SSSR count). The van der Waals surface area contributed by atoms with E-state index in [1.54, 1.807) is 23.0 Å². The number of hydrogen-bond donors (Lipinski definition) is 0. The molecule has 0 aliphatic rings. The third-order valence-corrected chi connectivity index (χ3v) is 3.23. The maximum Gasteiger partial charge on any atom is 0.341 e. The molecule has 1 heterocycles. The van der Waals surface area contributed by atoms with Gasteiger partial charge in [-0.2, -0.15) is 5.10 Å². The third kappa shape index (κ3) is 3.42. The Hall–Kier alpha value is -3.02. The number of halogens is 2. The van der Waals surface area contributed by atoms with Gasteiger partial charge in [0.2, 0.25) is 0 Å². The van der Waals surface area contributed by atoms with Crippen molar-refractivity contribution < 1.29 is 18.3 Å². The summed E-state index contributed by atoms with van der Waals surface area (Å²) in [5.41, 5.74) is 1.32. The second-order valence-corrected chi connectivity index (χ2v) is 4.82. The van der Waals surface area contributed by atoms with Crippen molar-refractivity contribution in [1.82, 2.24) is 9.78 Å². The van der Waals surface area contributed by atoms with Crippen molar-refractivity contribution in [2.45, 2.75) is 6.61 Å². The van der Waals surface area contributed by atoms with Gasteiger partial charge in [-0.25, -0.2) is 18.3 Å². The first-order valence-electron chi connectivity index (χ1n) is 6.84. The Morgan fingerprint density at radius 3 is 2.57 bits per heavy atom. The lowest BCUT2D eigenvalue weighted by Gasteiger charge is -2.07. The van der Waals surface area contributed by atoms with Gasteiger partial charge in [-0.05, 0) is 35.9 Å². The summed E-state index contributed by atoms with van der Waals surface area (Å²) in [4.78, 5) is 11.8. The molecule has 0 saturated heterocycles. The van der Waals surface area contributed by atoms with Crippen LogP contribution in [0.3, 0.4) is 0 Å². The number of carbonyl (C=O) groups is 1. The molecule has 2 aromatic carbocycles. The molecule has 0 radical (unpaired) electrons. The molecule has 0 fully saturated rings. The first kappa shape index (κ1) is 14.9. The number of nitrogens with zero attached hydrogens (tertiary/aromatic N) is 2.